The van der Waals surface area contributed by atoms with Crippen molar-refractivity contribution in [1.82, 2.24) is 9.88 Å². The van der Waals surface area contributed by atoms with Gasteiger partial charge >= 0.3 is 0 Å². The Balaban J connectivity index is 2.05. The van der Waals surface area contributed by atoms with Crippen molar-refractivity contribution in [2.24, 2.45) is 5.92 Å². The van der Waals surface area contributed by atoms with Crippen LogP contribution in [-0.4, -0.2) is 40.6 Å². The zero-order valence-corrected chi connectivity index (χ0v) is 11.8. The summed E-state index contributed by atoms with van der Waals surface area (Å²) in [7, 11) is 0. The molecule has 1 aromatic rings. The maximum Gasteiger partial charge on any atom is 0.272 e. The molecule has 1 saturated heterocycles. The Morgan fingerprint density at radius 3 is 3.05 bits per heavy atom. The van der Waals surface area contributed by atoms with E-state index in [9.17, 15) is 4.79 Å². The monoisotopic (exact) mass is 272 g/mol. The molecule has 0 spiro atoms. The molecule has 2 rings (SSSR count). The maximum atomic E-state index is 12.4. The van der Waals surface area contributed by atoms with E-state index in [0.717, 1.165) is 25.9 Å². The van der Waals surface area contributed by atoms with Crippen LogP contribution in [0.1, 0.15) is 42.2 Å². The number of hydrogen-bond donors (Lipinski definition) is 1. The van der Waals surface area contributed by atoms with Crippen molar-refractivity contribution in [3.63, 3.8) is 0 Å². The van der Waals surface area contributed by atoms with E-state index in [0.29, 0.717) is 17.2 Å². The summed E-state index contributed by atoms with van der Waals surface area (Å²) in [5.74, 6) is 5.95. The van der Waals surface area contributed by atoms with E-state index in [2.05, 4.69) is 23.7 Å². The molecule has 1 aliphatic heterocycles. The van der Waals surface area contributed by atoms with Gasteiger partial charge in [0.15, 0.2) is 0 Å². The predicted octanol–water partition coefficient (Wildman–Crippen LogP) is 1.69. The van der Waals surface area contributed by atoms with Gasteiger partial charge in [-0.3, -0.25) is 4.79 Å². The summed E-state index contributed by atoms with van der Waals surface area (Å²) in [5.41, 5.74) is 1.18. The molecule has 1 aliphatic rings. The third-order valence-corrected chi connectivity index (χ3v) is 3.68. The van der Waals surface area contributed by atoms with Crippen LogP contribution in [0, 0.1) is 17.8 Å². The first-order valence-corrected chi connectivity index (χ1v) is 7.09. The van der Waals surface area contributed by atoms with Gasteiger partial charge in [-0.15, -0.1) is 0 Å². The average Bonchev–Trinajstić information content (AvgIpc) is 2.52. The number of likely N-dealkylation sites (tertiary alicyclic amines) is 1. The second-order valence-electron chi connectivity index (χ2n) is 5.06. The molecular formula is C16H20N2O2. The summed E-state index contributed by atoms with van der Waals surface area (Å²) in [6.45, 7) is 3.66. The van der Waals surface area contributed by atoms with Gasteiger partial charge in [-0.1, -0.05) is 25.2 Å². The summed E-state index contributed by atoms with van der Waals surface area (Å²) in [6.07, 6.45) is 4.98. The molecule has 1 fully saturated rings. The number of piperidine rings is 1. The number of rotatable bonds is 2. The average molecular weight is 272 g/mol. The molecular weight excluding hydrogens is 252 g/mol. The largest absolute Gasteiger partial charge is 0.384 e. The van der Waals surface area contributed by atoms with Crippen LogP contribution in [0.4, 0.5) is 0 Å². The van der Waals surface area contributed by atoms with Crippen LogP contribution in [0.3, 0.4) is 0 Å². The quantitative estimate of drug-likeness (QED) is 0.834. The standard InChI is InChI=1S/C16H20N2O2/c1-2-13-5-3-9-18(12-13)16(20)15-8-7-14(11-17-15)6-4-10-19/h7-8,11,13,19H,2-3,5,9-10,12H2,1H3. The fourth-order valence-electron chi connectivity index (χ4n) is 2.48. The number of amides is 1. The minimum absolute atomic E-state index is 0.00446. The van der Waals surface area contributed by atoms with Crippen LogP contribution < -0.4 is 0 Å². The molecule has 0 saturated carbocycles. The van der Waals surface area contributed by atoms with Crippen molar-refractivity contribution in [2.75, 3.05) is 19.7 Å². The Morgan fingerprint density at radius 2 is 2.40 bits per heavy atom. The zero-order valence-electron chi connectivity index (χ0n) is 11.8. The molecule has 1 atom stereocenters. The Bertz CT molecular complexity index is 514. The fraction of sp³-hybridized carbons (Fsp3) is 0.500. The number of pyridine rings is 1. The fourth-order valence-corrected chi connectivity index (χ4v) is 2.48. The number of carbonyl (C=O) groups excluding carboxylic acids is 1. The molecule has 0 aliphatic carbocycles. The van der Waals surface area contributed by atoms with E-state index < -0.39 is 0 Å². The van der Waals surface area contributed by atoms with Gasteiger partial charge in [0, 0.05) is 24.8 Å². The van der Waals surface area contributed by atoms with Crippen molar-refractivity contribution < 1.29 is 9.90 Å². The lowest BCUT2D eigenvalue weighted by atomic mass is 9.95. The first kappa shape index (κ1) is 14.5. The topological polar surface area (TPSA) is 53.4 Å². The van der Waals surface area contributed by atoms with E-state index in [1.165, 1.54) is 6.42 Å². The summed E-state index contributed by atoms with van der Waals surface area (Å²) in [6, 6.07) is 3.48. The molecule has 0 bridgehead atoms. The minimum atomic E-state index is -0.174. The highest BCUT2D eigenvalue weighted by Gasteiger charge is 2.23. The molecule has 4 heteroatoms. The predicted molar refractivity (Wildman–Crippen MR) is 77.1 cm³/mol. The number of aromatic nitrogens is 1. The molecule has 1 aromatic heterocycles. The lowest BCUT2D eigenvalue weighted by Gasteiger charge is -2.32. The van der Waals surface area contributed by atoms with Gasteiger partial charge in [0.2, 0.25) is 0 Å². The van der Waals surface area contributed by atoms with Crippen LogP contribution in [-0.2, 0) is 0 Å². The summed E-state index contributed by atoms with van der Waals surface area (Å²) >= 11 is 0. The van der Waals surface area contributed by atoms with E-state index in [1.807, 2.05) is 4.90 Å². The van der Waals surface area contributed by atoms with Gasteiger partial charge in [-0.05, 0) is 30.9 Å². The maximum absolute atomic E-state index is 12.4. The summed E-state index contributed by atoms with van der Waals surface area (Å²) in [4.78, 5) is 18.5. The number of hydrogen-bond acceptors (Lipinski definition) is 3. The highest BCUT2D eigenvalue weighted by molar-refractivity contribution is 5.92. The van der Waals surface area contributed by atoms with E-state index in [-0.39, 0.29) is 12.5 Å². The SMILES string of the molecule is CCC1CCCN(C(=O)c2ccc(C#CCO)cn2)C1. The minimum Gasteiger partial charge on any atom is -0.384 e. The smallest absolute Gasteiger partial charge is 0.272 e. The van der Waals surface area contributed by atoms with Crippen LogP contribution in [0.15, 0.2) is 18.3 Å². The number of aliphatic hydroxyl groups excluding tert-OH is 1. The first-order valence-electron chi connectivity index (χ1n) is 7.09. The van der Waals surface area contributed by atoms with Crippen molar-refractivity contribution in [3.8, 4) is 11.8 Å². The highest BCUT2D eigenvalue weighted by atomic mass is 16.2. The van der Waals surface area contributed by atoms with E-state index in [1.54, 1.807) is 18.3 Å². The van der Waals surface area contributed by atoms with Gasteiger partial charge in [0.25, 0.3) is 5.91 Å². The molecule has 1 amide bonds. The molecule has 4 nitrogen and oxygen atoms in total. The van der Waals surface area contributed by atoms with Gasteiger partial charge < -0.3 is 10.0 Å². The van der Waals surface area contributed by atoms with Gasteiger partial charge in [-0.25, -0.2) is 4.98 Å². The Morgan fingerprint density at radius 1 is 1.55 bits per heavy atom. The molecule has 0 aromatic carbocycles. The second-order valence-corrected chi connectivity index (χ2v) is 5.06. The van der Waals surface area contributed by atoms with Crippen molar-refractivity contribution >= 4 is 5.91 Å². The Kier molecular flexibility index (Phi) is 5.14. The lowest BCUT2D eigenvalue weighted by Crippen LogP contribution is -2.40. The van der Waals surface area contributed by atoms with Gasteiger partial charge in [-0.2, -0.15) is 0 Å². The van der Waals surface area contributed by atoms with E-state index in [4.69, 9.17) is 5.11 Å². The molecule has 0 radical (unpaired) electrons. The van der Waals surface area contributed by atoms with Gasteiger partial charge in [0.05, 0.1) is 0 Å². The number of nitrogens with zero attached hydrogens (tertiary/aromatic N) is 2. The molecule has 106 valence electrons. The van der Waals surface area contributed by atoms with Crippen molar-refractivity contribution in [2.45, 2.75) is 26.2 Å². The summed E-state index contributed by atoms with van der Waals surface area (Å²) < 4.78 is 0. The number of carbonyl (C=O) groups is 1. The van der Waals surface area contributed by atoms with Crippen LogP contribution in [0.25, 0.3) is 0 Å². The molecule has 20 heavy (non-hydrogen) atoms. The summed E-state index contributed by atoms with van der Waals surface area (Å²) in [5, 5.41) is 8.63. The Labute approximate surface area is 119 Å². The first-order chi connectivity index (χ1) is 9.74. The van der Waals surface area contributed by atoms with Crippen LogP contribution >= 0.6 is 0 Å². The highest BCUT2D eigenvalue weighted by Crippen LogP contribution is 2.20. The second kappa shape index (κ2) is 7.06. The molecule has 1 N–H and O–H groups in total. The van der Waals surface area contributed by atoms with Crippen molar-refractivity contribution in [3.05, 3.63) is 29.6 Å². The van der Waals surface area contributed by atoms with Crippen molar-refractivity contribution in [1.29, 1.82) is 0 Å². The molecule has 1 unspecified atom stereocenters. The van der Waals surface area contributed by atoms with Crippen LogP contribution in [0.2, 0.25) is 0 Å². The Hall–Kier alpha value is -1.86. The number of aliphatic hydroxyl groups is 1. The molecule has 2 heterocycles. The van der Waals surface area contributed by atoms with Gasteiger partial charge in [0.1, 0.15) is 12.3 Å². The zero-order chi connectivity index (χ0) is 14.4. The van der Waals surface area contributed by atoms with Crippen LogP contribution in [0.5, 0.6) is 0 Å². The lowest BCUT2D eigenvalue weighted by molar-refractivity contribution is 0.0665. The third kappa shape index (κ3) is 3.58. The van der Waals surface area contributed by atoms with E-state index >= 15 is 0 Å². The third-order valence-electron chi connectivity index (χ3n) is 3.68. The normalized spacial score (nSPS) is 18.3.